The number of carbonyl (C=O) groups excluding carboxylic acids is 2. The number of halogens is 1. The van der Waals surface area contributed by atoms with Crippen LogP contribution in [0.2, 0.25) is 0 Å². The van der Waals surface area contributed by atoms with E-state index < -0.39 is 12.6 Å². The topological polar surface area (TPSA) is 64.4 Å². The zero-order chi connectivity index (χ0) is 21.8. The molecular formula is C23H24FN3O3. The molecule has 30 heavy (non-hydrogen) atoms. The van der Waals surface area contributed by atoms with Gasteiger partial charge in [-0.2, -0.15) is 5.10 Å². The molecule has 0 bridgehead atoms. The maximum atomic E-state index is 13.1. The molecule has 0 aliphatic carbocycles. The first kappa shape index (κ1) is 21.2. The molecule has 0 saturated carbocycles. The number of nitrogens with zero attached hydrogens (tertiary/aromatic N) is 3. The number of hydrogen-bond acceptors (Lipinski definition) is 4. The fraction of sp³-hybridized carbons (Fsp3) is 0.261. The van der Waals surface area contributed by atoms with E-state index in [2.05, 4.69) is 5.10 Å². The Morgan fingerprint density at radius 3 is 2.37 bits per heavy atom. The number of esters is 1. The largest absolute Gasteiger partial charge is 0.452 e. The first-order chi connectivity index (χ1) is 14.3. The Labute approximate surface area is 174 Å². The van der Waals surface area contributed by atoms with Crippen LogP contribution in [0, 0.1) is 19.7 Å². The summed E-state index contributed by atoms with van der Waals surface area (Å²) in [5, 5.41) is 4.43. The summed E-state index contributed by atoms with van der Waals surface area (Å²) in [6.07, 6.45) is 0. The molecule has 0 aliphatic heterocycles. The van der Waals surface area contributed by atoms with Crippen molar-refractivity contribution in [3.05, 3.63) is 82.9 Å². The van der Waals surface area contributed by atoms with Gasteiger partial charge < -0.3 is 9.64 Å². The van der Waals surface area contributed by atoms with E-state index in [-0.39, 0.29) is 17.8 Å². The van der Waals surface area contributed by atoms with Crippen LogP contribution in [0.25, 0.3) is 5.69 Å². The van der Waals surface area contributed by atoms with Crippen molar-refractivity contribution >= 4 is 11.9 Å². The number of benzene rings is 2. The van der Waals surface area contributed by atoms with Crippen LogP contribution in [0.15, 0.2) is 54.6 Å². The average molecular weight is 409 g/mol. The highest BCUT2D eigenvalue weighted by atomic mass is 19.1. The Bertz CT molecular complexity index is 1050. The molecule has 1 heterocycles. The van der Waals surface area contributed by atoms with Crippen molar-refractivity contribution in [2.75, 3.05) is 13.7 Å². The zero-order valence-electron chi connectivity index (χ0n) is 17.4. The molecule has 156 valence electrons. The Balaban J connectivity index is 1.67. The molecule has 3 rings (SSSR count). The van der Waals surface area contributed by atoms with Gasteiger partial charge in [-0.3, -0.25) is 4.79 Å². The van der Waals surface area contributed by atoms with Crippen LogP contribution >= 0.6 is 0 Å². The molecule has 3 aromatic rings. The number of aromatic nitrogens is 2. The second-order valence-corrected chi connectivity index (χ2v) is 7.10. The lowest BCUT2D eigenvalue weighted by molar-refractivity contribution is -0.135. The summed E-state index contributed by atoms with van der Waals surface area (Å²) in [7, 11) is 1.62. The Hall–Kier alpha value is -3.48. The number of para-hydroxylation sites is 1. The monoisotopic (exact) mass is 409 g/mol. The van der Waals surface area contributed by atoms with E-state index in [1.165, 1.54) is 17.0 Å². The number of aryl methyl sites for hydroxylation is 1. The van der Waals surface area contributed by atoms with Crippen LogP contribution in [0.5, 0.6) is 0 Å². The summed E-state index contributed by atoms with van der Waals surface area (Å²) in [5.74, 6) is -1.29. The predicted octanol–water partition coefficient (Wildman–Crippen LogP) is 4.00. The van der Waals surface area contributed by atoms with Gasteiger partial charge in [0.15, 0.2) is 6.61 Å². The van der Waals surface area contributed by atoms with Crippen LogP contribution in [0.4, 0.5) is 4.39 Å². The molecule has 1 aromatic heterocycles. The number of amides is 1. The van der Waals surface area contributed by atoms with E-state index in [1.807, 2.05) is 37.3 Å². The number of rotatable bonds is 6. The molecule has 6 nitrogen and oxygen atoms in total. The van der Waals surface area contributed by atoms with E-state index in [0.717, 1.165) is 11.3 Å². The van der Waals surface area contributed by atoms with Crippen molar-refractivity contribution in [3.63, 3.8) is 0 Å². The van der Waals surface area contributed by atoms with E-state index >= 15 is 0 Å². The smallest absolute Gasteiger partial charge is 0.342 e. The summed E-state index contributed by atoms with van der Waals surface area (Å²) >= 11 is 0. The lowest BCUT2D eigenvalue weighted by atomic mass is 10.1. The number of carbonyl (C=O) groups is 2. The van der Waals surface area contributed by atoms with Gasteiger partial charge in [-0.1, -0.05) is 30.3 Å². The van der Waals surface area contributed by atoms with Crippen LogP contribution in [0.3, 0.4) is 0 Å². The quantitative estimate of drug-likeness (QED) is 0.577. The summed E-state index contributed by atoms with van der Waals surface area (Å²) in [6, 6.07) is 15.1. The minimum atomic E-state index is -0.594. The molecule has 2 aromatic carbocycles. The molecule has 0 aliphatic rings. The third-order valence-corrected chi connectivity index (χ3v) is 5.15. The maximum absolute atomic E-state index is 13.1. The second kappa shape index (κ2) is 8.90. The van der Waals surface area contributed by atoms with Gasteiger partial charge in [0.25, 0.3) is 5.91 Å². The molecule has 0 spiro atoms. The molecule has 1 amide bonds. The van der Waals surface area contributed by atoms with Crippen molar-refractivity contribution < 1.29 is 18.7 Å². The van der Waals surface area contributed by atoms with Crippen LogP contribution in [-0.4, -0.2) is 40.2 Å². The molecular weight excluding hydrogens is 385 g/mol. The predicted molar refractivity (Wildman–Crippen MR) is 111 cm³/mol. The third-order valence-electron chi connectivity index (χ3n) is 5.15. The molecule has 1 unspecified atom stereocenters. The van der Waals surface area contributed by atoms with Crippen molar-refractivity contribution in [1.29, 1.82) is 0 Å². The van der Waals surface area contributed by atoms with Crippen molar-refractivity contribution in [1.82, 2.24) is 14.7 Å². The molecule has 0 saturated heterocycles. The SMILES string of the molecule is Cc1nn(-c2ccccc2)c(C)c1C(=O)OCC(=O)N(C)C(C)c1ccc(F)cc1. The van der Waals surface area contributed by atoms with Gasteiger partial charge in [0.05, 0.1) is 23.1 Å². The number of likely N-dealkylation sites (N-methyl/N-ethyl adjacent to an activating group) is 1. The Kier molecular flexibility index (Phi) is 6.30. The van der Waals surface area contributed by atoms with Crippen LogP contribution in [0.1, 0.15) is 40.3 Å². The fourth-order valence-electron chi connectivity index (χ4n) is 3.24. The van der Waals surface area contributed by atoms with Crippen LogP contribution < -0.4 is 0 Å². The third kappa shape index (κ3) is 4.40. The number of hydrogen-bond donors (Lipinski definition) is 0. The highest BCUT2D eigenvalue weighted by Crippen LogP contribution is 2.21. The van der Waals surface area contributed by atoms with E-state index in [1.54, 1.807) is 37.7 Å². The fourth-order valence-corrected chi connectivity index (χ4v) is 3.24. The standard InChI is InChI=1S/C23H24FN3O3/c1-15-22(17(3)27(25-15)20-8-6-5-7-9-20)23(29)30-14-21(28)26(4)16(2)18-10-12-19(24)13-11-18/h5-13,16H,14H2,1-4H3. The van der Waals surface area contributed by atoms with Crippen molar-refractivity contribution in [2.45, 2.75) is 26.8 Å². The average Bonchev–Trinajstić information content (AvgIpc) is 3.05. The van der Waals surface area contributed by atoms with E-state index in [4.69, 9.17) is 4.74 Å². The number of ether oxygens (including phenoxy) is 1. The first-order valence-corrected chi connectivity index (χ1v) is 9.59. The highest BCUT2D eigenvalue weighted by molar-refractivity contribution is 5.93. The first-order valence-electron chi connectivity index (χ1n) is 9.59. The minimum Gasteiger partial charge on any atom is -0.452 e. The van der Waals surface area contributed by atoms with Gasteiger partial charge in [0.1, 0.15) is 11.4 Å². The lowest BCUT2D eigenvalue weighted by Crippen LogP contribution is -2.33. The summed E-state index contributed by atoms with van der Waals surface area (Å²) in [4.78, 5) is 26.6. The van der Waals surface area contributed by atoms with E-state index in [9.17, 15) is 14.0 Å². The van der Waals surface area contributed by atoms with Crippen LogP contribution in [-0.2, 0) is 9.53 Å². The van der Waals surface area contributed by atoms with E-state index in [0.29, 0.717) is 17.0 Å². The zero-order valence-corrected chi connectivity index (χ0v) is 17.4. The molecule has 0 fully saturated rings. The van der Waals surface area contributed by atoms with Gasteiger partial charge in [-0.05, 0) is 50.6 Å². The maximum Gasteiger partial charge on any atom is 0.342 e. The molecule has 0 radical (unpaired) electrons. The van der Waals surface area contributed by atoms with Gasteiger partial charge in [0, 0.05) is 7.05 Å². The van der Waals surface area contributed by atoms with Crippen molar-refractivity contribution in [3.8, 4) is 5.69 Å². The Morgan fingerprint density at radius 2 is 1.73 bits per heavy atom. The summed E-state index contributed by atoms with van der Waals surface area (Å²) in [6.45, 7) is 4.95. The van der Waals surface area contributed by atoms with Gasteiger partial charge in [-0.25, -0.2) is 13.9 Å². The normalized spacial score (nSPS) is 11.8. The molecule has 0 N–H and O–H groups in total. The highest BCUT2D eigenvalue weighted by Gasteiger charge is 2.23. The van der Waals surface area contributed by atoms with Gasteiger partial charge in [0.2, 0.25) is 0 Å². The van der Waals surface area contributed by atoms with Gasteiger partial charge in [-0.15, -0.1) is 0 Å². The summed E-state index contributed by atoms with van der Waals surface area (Å²) in [5.41, 5.74) is 3.14. The van der Waals surface area contributed by atoms with Crippen molar-refractivity contribution in [2.24, 2.45) is 0 Å². The second-order valence-electron chi connectivity index (χ2n) is 7.10. The minimum absolute atomic E-state index is 0.291. The molecule has 1 atom stereocenters. The lowest BCUT2D eigenvalue weighted by Gasteiger charge is -2.25. The summed E-state index contributed by atoms with van der Waals surface area (Å²) < 4.78 is 20.1. The Morgan fingerprint density at radius 1 is 1.10 bits per heavy atom. The molecule has 7 heteroatoms. The van der Waals surface area contributed by atoms with Gasteiger partial charge >= 0.3 is 5.97 Å².